The number of aromatic nitrogens is 1. The average molecular weight is 210 g/mol. The quantitative estimate of drug-likeness (QED) is 0.749. The van der Waals surface area contributed by atoms with E-state index in [4.69, 9.17) is 0 Å². The molecule has 1 aromatic rings. The highest BCUT2D eigenvalue weighted by atomic mass is 32.1. The van der Waals surface area contributed by atoms with E-state index in [0.717, 1.165) is 5.69 Å². The highest BCUT2D eigenvalue weighted by Gasteiger charge is 2.21. The summed E-state index contributed by atoms with van der Waals surface area (Å²) in [7, 11) is 0. The Bertz CT molecular complexity index is 311. The zero-order chi connectivity index (χ0) is 10.6. The Kier molecular flexibility index (Phi) is 3.52. The number of nitrogens with zero attached hydrogens (tertiary/aromatic N) is 1. The van der Waals surface area contributed by atoms with E-state index in [1.54, 1.807) is 6.20 Å². The number of carbonyl (C=O) groups is 1. The van der Waals surface area contributed by atoms with Gasteiger partial charge in [0.25, 0.3) is 5.24 Å². The van der Waals surface area contributed by atoms with Gasteiger partial charge in [-0.3, -0.25) is 9.78 Å². The Hall–Kier alpha value is -1.03. The molecule has 1 amide bonds. The van der Waals surface area contributed by atoms with Crippen LogP contribution in [0, 0.1) is 0 Å². The molecule has 1 aromatic heterocycles. The lowest BCUT2D eigenvalue weighted by molar-refractivity contribution is 0.258. The summed E-state index contributed by atoms with van der Waals surface area (Å²) in [6.07, 6.45) is 1.75. The van der Waals surface area contributed by atoms with Gasteiger partial charge < -0.3 is 5.32 Å². The van der Waals surface area contributed by atoms with Gasteiger partial charge in [-0.05, 0) is 12.1 Å². The summed E-state index contributed by atoms with van der Waals surface area (Å²) < 4.78 is 0. The van der Waals surface area contributed by atoms with Crippen molar-refractivity contribution in [2.45, 2.75) is 19.3 Å². The van der Waals surface area contributed by atoms with Gasteiger partial charge in [-0.15, -0.1) is 0 Å². The predicted octanol–water partition coefficient (Wildman–Crippen LogP) is 2.00. The first-order chi connectivity index (χ1) is 6.52. The molecule has 3 nitrogen and oxygen atoms in total. The molecule has 0 aliphatic carbocycles. The maximum Gasteiger partial charge on any atom is 0.276 e. The van der Waals surface area contributed by atoms with Gasteiger partial charge in [-0.1, -0.05) is 32.5 Å². The average Bonchev–Trinajstić information content (AvgIpc) is 2.16. The molecule has 0 atom stereocenters. The normalized spacial score (nSPS) is 11.1. The summed E-state index contributed by atoms with van der Waals surface area (Å²) in [5, 5.41) is 2.36. The van der Waals surface area contributed by atoms with Crippen molar-refractivity contribution in [2.75, 3.05) is 6.54 Å². The first-order valence-electron chi connectivity index (χ1n) is 4.41. The largest absolute Gasteiger partial charge is 0.346 e. The van der Waals surface area contributed by atoms with Gasteiger partial charge in [-0.2, -0.15) is 0 Å². The standard InChI is InChI=1S/C10H14N2OS/c1-10(2,7-12-9(13)14)8-5-3-4-6-11-8/h3-6H,7H2,1-2H3,(H2,12,13,14). The van der Waals surface area contributed by atoms with E-state index in [0.29, 0.717) is 6.54 Å². The molecule has 0 radical (unpaired) electrons. The summed E-state index contributed by atoms with van der Waals surface area (Å²) in [5.74, 6) is 0. The number of amides is 1. The molecule has 1 rings (SSSR count). The van der Waals surface area contributed by atoms with Crippen LogP contribution in [0.2, 0.25) is 0 Å². The second kappa shape index (κ2) is 4.46. The Morgan fingerprint density at radius 3 is 2.79 bits per heavy atom. The fraction of sp³-hybridized carbons (Fsp3) is 0.400. The lowest BCUT2D eigenvalue weighted by atomic mass is 9.89. The lowest BCUT2D eigenvalue weighted by Gasteiger charge is -2.23. The van der Waals surface area contributed by atoms with Crippen LogP contribution in [0.25, 0.3) is 0 Å². The van der Waals surface area contributed by atoms with E-state index >= 15 is 0 Å². The van der Waals surface area contributed by atoms with Gasteiger partial charge in [0.15, 0.2) is 0 Å². The Morgan fingerprint density at radius 2 is 2.29 bits per heavy atom. The zero-order valence-electron chi connectivity index (χ0n) is 8.32. The van der Waals surface area contributed by atoms with Crippen LogP contribution < -0.4 is 5.32 Å². The van der Waals surface area contributed by atoms with Crippen molar-refractivity contribution < 1.29 is 4.79 Å². The second-order valence-electron chi connectivity index (χ2n) is 3.76. The van der Waals surface area contributed by atoms with Crippen molar-refractivity contribution in [1.82, 2.24) is 10.3 Å². The van der Waals surface area contributed by atoms with Gasteiger partial charge in [0.1, 0.15) is 0 Å². The molecule has 1 heterocycles. The first-order valence-corrected chi connectivity index (χ1v) is 4.85. The van der Waals surface area contributed by atoms with Gasteiger partial charge in [0.05, 0.1) is 0 Å². The fourth-order valence-electron chi connectivity index (χ4n) is 1.15. The third kappa shape index (κ3) is 3.03. The minimum absolute atomic E-state index is 0.167. The van der Waals surface area contributed by atoms with Crippen molar-refractivity contribution in [2.24, 2.45) is 0 Å². The molecule has 14 heavy (non-hydrogen) atoms. The third-order valence-electron chi connectivity index (χ3n) is 2.04. The van der Waals surface area contributed by atoms with E-state index in [1.165, 1.54) is 0 Å². The molecule has 76 valence electrons. The van der Waals surface area contributed by atoms with Crippen LogP contribution >= 0.6 is 12.6 Å². The van der Waals surface area contributed by atoms with Crippen LogP contribution in [-0.2, 0) is 5.41 Å². The molecule has 0 bridgehead atoms. The van der Waals surface area contributed by atoms with Gasteiger partial charge >= 0.3 is 0 Å². The second-order valence-corrected chi connectivity index (χ2v) is 4.16. The van der Waals surface area contributed by atoms with Crippen LogP contribution in [0.5, 0.6) is 0 Å². The summed E-state index contributed by atoms with van der Waals surface area (Å²) in [5.41, 5.74) is 0.793. The van der Waals surface area contributed by atoms with Gasteiger partial charge in [-0.25, -0.2) is 0 Å². The van der Waals surface area contributed by atoms with Crippen LogP contribution in [0.1, 0.15) is 19.5 Å². The van der Waals surface area contributed by atoms with E-state index in [-0.39, 0.29) is 10.7 Å². The molecule has 0 aromatic carbocycles. The number of rotatable bonds is 3. The minimum atomic E-state index is -0.311. The Morgan fingerprint density at radius 1 is 1.57 bits per heavy atom. The van der Waals surface area contributed by atoms with E-state index in [2.05, 4.69) is 22.9 Å². The van der Waals surface area contributed by atoms with Crippen LogP contribution in [0.3, 0.4) is 0 Å². The third-order valence-corrected chi connectivity index (χ3v) is 2.20. The zero-order valence-corrected chi connectivity index (χ0v) is 9.21. The molecule has 4 heteroatoms. The van der Waals surface area contributed by atoms with Crippen molar-refractivity contribution >= 4 is 17.9 Å². The topological polar surface area (TPSA) is 42.0 Å². The molecule has 0 saturated carbocycles. The van der Waals surface area contributed by atoms with Crippen molar-refractivity contribution in [3.63, 3.8) is 0 Å². The first kappa shape index (κ1) is 11.0. The molecule has 1 N–H and O–H groups in total. The van der Waals surface area contributed by atoms with E-state index in [9.17, 15) is 4.79 Å². The van der Waals surface area contributed by atoms with E-state index in [1.807, 2.05) is 32.0 Å². The summed E-state index contributed by atoms with van der Waals surface area (Å²) in [6, 6.07) is 5.76. The van der Waals surface area contributed by atoms with Crippen molar-refractivity contribution in [1.29, 1.82) is 0 Å². The smallest absolute Gasteiger partial charge is 0.276 e. The maximum absolute atomic E-state index is 10.7. The fourth-order valence-corrected chi connectivity index (χ4v) is 1.23. The summed E-state index contributed by atoms with van der Waals surface area (Å²) in [4.78, 5) is 14.9. The number of hydrogen-bond acceptors (Lipinski definition) is 2. The Labute approximate surface area is 89.3 Å². The van der Waals surface area contributed by atoms with Crippen LogP contribution in [-0.4, -0.2) is 16.8 Å². The molecule has 0 saturated heterocycles. The number of pyridine rings is 1. The van der Waals surface area contributed by atoms with Crippen molar-refractivity contribution in [3.8, 4) is 0 Å². The molecule has 0 aliphatic rings. The number of nitrogens with one attached hydrogen (secondary N) is 1. The molecule has 0 spiro atoms. The summed E-state index contributed by atoms with van der Waals surface area (Å²) in [6.45, 7) is 4.59. The predicted molar refractivity (Wildman–Crippen MR) is 59.6 cm³/mol. The lowest BCUT2D eigenvalue weighted by Crippen LogP contribution is -2.34. The number of hydrogen-bond donors (Lipinski definition) is 2. The SMILES string of the molecule is CC(C)(CNC(=O)S)c1ccccn1. The van der Waals surface area contributed by atoms with E-state index < -0.39 is 0 Å². The highest BCUT2D eigenvalue weighted by molar-refractivity contribution is 7.96. The Balaban J connectivity index is 2.70. The molecule has 0 unspecified atom stereocenters. The monoisotopic (exact) mass is 210 g/mol. The maximum atomic E-state index is 10.7. The number of carbonyl (C=O) groups excluding carboxylic acids is 1. The highest BCUT2D eigenvalue weighted by Crippen LogP contribution is 2.19. The molecule has 0 aliphatic heterocycles. The van der Waals surface area contributed by atoms with Crippen LogP contribution in [0.4, 0.5) is 4.79 Å². The van der Waals surface area contributed by atoms with Gasteiger partial charge in [0.2, 0.25) is 0 Å². The molecule has 0 fully saturated rings. The molecular weight excluding hydrogens is 196 g/mol. The van der Waals surface area contributed by atoms with Gasteiger partial charge in [0, 0.05) is 23.9 Å². The van der Waals surface area contributed by atoms with Crippen molar-refractivity contribution in [3.05, 3.63) is 30.1 Å². The minimum Gasteiger partial charge on any atom is -0.346 e. The summed E-state index contributed by atoms with van der Waals surface area (Å²) >= 11 is 3.65. The number of thiol groups is 1. The van der Waals surface area contributed by atoms with Crippen LogP contribution in [0.15, 0.2) is 24.4 Å². The molecular formula is C10H14N2OS.